The monoisotopic (exact) mass is 467 g/mol. The maximum atomic E-state index is 12.7. The number of rotatable bonds is 9. The lowest BCUT2D eigenvalue weighted by Gasteiger charge is -2.30. The van der Waals surface area contributed by atoms with Gasteiger partial charge in [-0.05, 0) is 63.3 Å². The Balaban J connectivity index is 1.69. The zero-order valence-corrected chi connectivity index (χ0v) is 17.9. The number of piperidine rings is 1. The molecule has 2 aromatic carbocycles. The Morgan fingerprint density at radius 1 is 1.03 bits per heavy atom. The molecule has 178 valence electrons. The number of hydrogen-bond donors (Lipinski definition) is 2. The van der Waals surface area contributed by atoms with Gasteiger partial charge in [0.05, 0.1) is 11.4 Å². The summed E-state index contributed by atoms with van der Waals surface area (Å²) in [5.74, 6) is -1.23. The summed E-state index contributed by atoms with van der Waals surface area (Å²) in [5, 5.41) is 6.22. The lowest BCUT2D eigenvalue weighted by molar-refractivity contribution is -0.111. The molecular formula is C23H25F4N3O3. The second-order valence-corrected chi connectivity index (χ2v) is 7.55. The number of carbonyl (C=O) groups excluding carboxylic acids is 1. The van der Waals surface area contributed by atoms with Crippen molar-refractivity contribution < 1.29 is 31.8 Å². The van der Waals surface area contributed by atoms with Crippen LogP contribution in [-0.2, 0) is 4.79 Å². The Labute approximate surface area is 189 Å². The molecule has 0 atom stereocenters. The first kappa shape index (κ1) is 24.4. The van der Waals surface area contributed by atoms with E-state index in [0.717, 1.165) is 43.8 Å². The van der Waals surface area contributed by atoms with Gasteiger partial charge in [-0.2, -0.15) is 17.6 Å². The summed E-state index contributed by atoms with van der Waals surface area (Å²) in [6.07, 6.45) is 4.37. The number of para-hydroxylation sites is 2. The van der Waals surface area contributed by atoms with E-state index in [2.05, 4.69) is 32.1 Å². The molecule has 1 fully saturated rings. The SMILES string of the molecule is CN1CCC(Nc2ccccc2NC(=O)/C=C/c2ccc(OC(F)F)cc2OC(F)F)CC1. The van der Waals surface area contributed by atoms with Crippen LogP contribution in [0, 0.1) is 0 Å². The quantitative estimate of drug-likeness (QED) is 0.399. The van der Waals surface area contributed by atoms with Crippen LogP contribution >= 0.6 is 0 Å². The van der Waals surface area contributed by atoms with Crippen molar-refractivity contribution in [3.63, 3.8) is 0 Å². The van der Waals surface area contributed by atoms with Crippen LogP contribution < -0.4 is 20.1 Å². The third kappa shape index (κ3) is 7.67. The van der Waals surface area contributed by atoms with Gasteiger partial charge in [-0.3, -0.25) is 4.79 Å². The number of halogens is 4. The fourth-order valence-electron chi connectivity index (χ4n) is 3.46. The highest BCUT2D eigenvalue weighted by Crippen LogP contribution is 2.29. The maximum absolute atomic E-state index is 12.7. The molecule has 1 heterocycles. The van der Waals surface area contributed by atoms with Crippen molar-refractivity contribution in [1.29, 1.82) is 0 Å². The van der Waals surface area contributed by atoms with Gasteiger partial charge in [0.25, 0.3) is 0 Å². The molecule has 0 bridgehead atoms. The van der Waals surface area contributed by atoms with Crippen molar-refractivity contribution in [2.24, 2.45) is 0 Å². The van der Waals surface area contributed by atoms with E-state index in [0.29, 0.717) is 5.69 Å². The van der Waals surface area contributed by atoms with Crippen molar-refractivity contribution in [3.8, 4) is 11.5 Å². The van der Waals surface area contributed by atoms with Crippen molar-refractivity contribution in [1.82, 2.24) is 4.90 Å². The first-order chi connectivity index (χ1) is 15.8. The van der Waals surface area contributed by atoms with E-state index >= 15 is 0 Å². The topological polar surface area (TPSA) is 62.8 Å². The van der Waals surface area contributed by atoms with E-state index in [1.165, 1.54) is 18.2 Å². The molecule has 0 radical (unpaired) electrons. The Bertz CT molecular complexity index is 964. The van der Waals surface area contributed by atoms with Gasteiger partial charge < -0.3 is 25.0 Å². The summed E-state index contributed by atoms with van der Waals surface area (Å²) in [7, 11) is 2.08. The highest BCUT2D eigenvalue weighted by atomic mass is 19.3. The number of benzene rings is 2. The fourth-order valence-corrected chi connectivity index (χ4v) is 3.46. The van der Waals surface area contributed by atoms with Crippen molar-refractivity contribution in [2.45, 2.75) is 32.1 Å². The predicted octanol–water partition coefficient (Wildman–Crippen LogP) is 5.05. The molecule has 0 aliphatic carbocycles. The second kappa shape index (κ2) is 11.6. The third-order valence-electron chi connectivity index (χ3n) is 5.10. The number of anilines is 2. The van der Waals surface area contributed by atoms with Gasteiger partial charge in [0.15, 0.2) is 0 Å². The highest BCUT2D eigenvalue weighted by Gasteiger charge is 2.18. The van der Waals surface area contributed by atoms with Crippen molar-refractivity contribution in [2.75, 3.05) is 30.8 Å². The number of amides is 1. The van der Waals surface area contributed by atoms with Crippen molar-refractivity contribution in [3.05, 3.63) is 54.1 Å². The fraction of sp³-hybridized carbons (Fsp3) is 0.348. The molecule has 2 aromatic rings. The van der Waals surface area contributed by atoms with Gasteiger partial charge >= 0.3 is 13.2 Å². The molecule has 2 N–H and O–H groups in total. The largest absolute Gasteiger partial charge is 0.435 e. The lowest BCUT2D eigenvalue weighted by Crippen LogP contribution is -2.36. The Morgan fingerprint density at radius 3 is 2.36 bits per heavy atom. The summed E-state index contributed by atoms with van der Waals surface area (Å²) in [5.41, 5.74) is 1.46. The molecule has 10 heteroatoms. The number of hydrogen-bond acceptors (Lipinski definition) is 5. The molecule has 0 spiro atoms. The molecule has 0 unspecified atom stereocenters. The predicted molar refractivity (Wildman–Crippen MR) is 118 cm³/mol. The average Bonchev–Trinajstić information content (AvgIpc) is 2.75. The van der Waals surface area contributed by atoms with Crippen molar-refractivity contribution >= 4 is 23.4 Å². The lowest BCUT2D eigenvalue weighted by atomic mass is 10.0. The second-order valence-electron chi connectivity index (χ2n) is 7.55. The van der Waals surface area contributed by atoms with E-state index in [1.807, 2.05) is 12.1 Å². The molecular weight excluding hydrogens is 442 g/mol. The van der Waals surface area contributed by atoms with Gasteiger partial charge in [-0.15, -0.1) is 0 Å². The van der Waals surface area contributed by atoms with E-state index < -0.39 is 24.9 Å². The molecule has 1 saturated heterocycles. The van der Waals surface area contributed by atoms with E-state index in [-0.39, 0.29) is 17.4 Å². The smallest absolute Gasteiger partial charge is 0.387 e. The van der Waals surface area contributed by atoms with E-state index in [1.54, 1.807) is 12.1 Å². The molecule has 3 rings (SSSR count). The summed E-state index contributed by atoms with van der Waals surface area (Å²) in [6, 6.07) is 10.9. The number of ether oxygens (including phenoxy) is 2. The first-order valence-electron chi connectivity index (χ1n) is 10.4. The summed E-state index contributed by atoms with van der Waals surface area (Å²) >= 11 is 0. The van der Waals surface area contributed by atoms with Gasteiger partial charge in [0, 0.05) is 23.7 Å². The molecule has 1 aliphatic rings. The number of carbonyl (C=O) groups is 1. The molecule has 1 aliphatic heterocycles. The average molecular weight is 467 g/mol. The summed E-state index contributed by atoms with van der Waals surface area (Å²) < 4.78 is 58.8. The zero-order chi connectivity index (χ0) is 23.8. The number of alkyl halides is 4. The summed E-state index contributed by atoms with van der Waals surface area (Å²) in [6.45, 7) is -4.32. The molecule has 0 saturated carbocycles. The van der Waals surface area contributed by atoms with Crippen LogP contribution in [0.2, 0.25) is 0 Å². The van der Waals surface area contributed by atoms with Gasteiger partial charge in [0.2, 0.25) is 5.91 Å². The Morgan fingerprint density at radius 2 is 1.70 bits per heavy atom. The zero-order valence-electron chi connectivity index (χ0n) is 17.9. The van der Waals surface area contributed by atoms with Gasteiger partial charge in [0.1, 0.15) is 11.5 Å². The molecule has 33 heavy (non-hydrogen) atoms. The normalized spacial score (nSPS) is 15.2. The minimum absolute atomic E-state index is 0.102. The van der Waals surface area contributed by atoms with Crippen LogP contribution in [-0.4, -0.2) is 50.2 Å². The molecule has 0 aromatic heterocycles. The van der Waals surface area contributed by atoms with Crippen LogP contribution in [0.4, 0.5) is 28.9 Å². The Hall–Kier alpha value is -3.27. The minimum atomic E-state index is -3.18. The van der Waals surface area contributed by atoms with E-state index in [4.69, 9.17) is 0 Å². The molecule has 1 amide bonds. The van der Waals surface area contributed by atoms with E-state index in [9.17, 15) is 22.4 Å². The van der Waals surface area contributed by atoms with Crippen LogP contribution in [0.25, 0.3) is 6.08 Å². The Kier molecular flexibility index (Phi) is 8.53. The third-order valence-corrected chi connectivity index (χ3v) is 5.10. The van der Waals surface area contributed by atoms with Crippen LogP contribution in [0.5, 0.6) is 11.5 Å². The molecule has 6 nitrogen and oxygen atoms in total. The number of nitrogens with one attached hydrogen (secondary N) is 2. The van der Waals surface area contributed by atoms with Crippen LogP contribution in [0.1, 0.15) is 18.4 Å². The number of nitrogens with zero attached hydrogens (tertiary/aromatic N) is 1. The minimum Gasteiger partial charge on any atom is -0.435 e. The standard InChI is InChI=1S/C23H25F4N3O3/c1-30-12-10-16(11-13-30)28-18-4-2-3-5-19(18)29-21(31)9-7-15-6-8-17(32-22(24)25)14-20(15)33-23(26)27/h2-9,14,16,22-23,28H,10-13H2,1H3,(H,29,31)/b9-7+. The van der Waals surface area contributed by atoms with Gasteiger partial charge in [-0.1, -0.05) is 12.1 Å². The maximum Gasteiger partial charge on any atom is 0.387 e. The highest BCUT2D eigenvalue weighted by molar-refractivity contribution is 6.03. The summed E-state index contributed by atoms with van der Waals surface area (Å²) in [4.78, 5) is 14.7. The van der Waals surface area contributed by atoms with Crippen LogP contribution in [0.3, 0.4) is 0 Å². The number of likely N-dealkylation sites (tertiary alicyclic amines) is 1. The first-order valence-corrected chi connectivity index (χ1v) is 10.4. The van der Waals surface area contributed by atoms with Crippen LogP contribution in [0.15, 0.2) is 48.5 Å². The van der Waals surface area contributed by atoms with Gasteiger partial charge in [-0.25, -0.2) is 0 Å².